The summed E-state index contributed by atoms with van der Waals surface area (Å²) >= 11 is 0. The van der Waals surface area contributed by atoms with E-state index in [4.69, 9.17) is 0 Å². The molecule has 6 heteroatoms. The number of likely N-dealkylation sites (tertiary alicyclic amines) is 1. The molecule has 1 unspecified atom stereocenters. The lowest BCUT2D eigenvalue weighted by molar-refractivity contribution is -0.129. The number of rotatable bonds is 5. The molecule has 2 heterocycles. The Balaban J connectivity index is 1.11. The zero-order chi connectivity index (χ0) is 20.7. The molecule has 30 heavy (non-hydrogen) atoms. The maximum absolute atomic E-state index is 12.7. The van der Waals surface area contributed by atoms with E-state index in [0.29, 0.717) is 6.54 Å². The fraction of sp³-hybridized carbons (Fsp3) is 0.542. The summed E-state index contributed by atoms with van der Waals surface area (Å²) in [6, 6.07) is 8.10. The van der Waals surface area contributed by atoms with E-state index >= 15 is 0 Å². The lowest BCUT2D eigenvalue weighted by atomic mass is 9.90. The summed E-state index contributed by atoms with van der Waals surface area (Å²) in [7, 11) is 2.03. The van der Waals surface area contributed by atoms with Gasteiger partial charge >= 0.3 is 0 Å². The monoisotopic (exact) mass is 406 g/mol. The van der Waals surface area contributed by atoms with Crippen molar-refractivity contribution in [3.05, 3.63) is 41.7 Å². The van der Waals surface area contributed by atoms with E-state index < -0.39 is 0 Å². The van der Waals surface area contributed by atoms with Gasteiger partial charge in [-0.2, -0.15) is 0 Å². The number of amides is 2. The number of hydrogen-bond donors (Lipinski definition) is 1. The number of benzene rings is 1. The fourth-order valence-corrected chi connectivity index (χ4v) is 5.33. The van der Waals surface area contributed by atoms with Crippen LogP contribution in [0.3, 0.4) is 0 Å². The second-order valence-corrected chi connectivity index (χ2v) is 9.15. The van der Waals surface area contributed by atoms with Crippen LogP contribution >= 0.6 is 0 Å². The van der Waals surface area contributed by atoms with Gasteiger partial charge in [-0.15, -0.1) is 0 Å². The van der Waals surface area contributed by atoms with Crippen molar-refractivity contribution in [3.8, 4) is 0 Å². The summed E-state index contributed by atoms with van der Waals surface area (Å²) in [5.74, 6) is 1.51. The third-order valence-electron chi connectivity index (χ3n) is 7.40. The normalized spacial score (nSPS) is 22.4. The van der Waals surface area contributed by atoms with Gasteiger partial charge in [-0.05, 0) is 56.1 Å². The van der Waals surface area contributed by atoms with Crippen LogP contribution in [0.25, 0.3) is 11.0 Å². The van der Waals surface area contributed by atoms with Crippen LogP contribution in [0.5, 0.6) is 0 Å². The molecule has 1 spiro atoms. The largest absolute Gasteiger partial charge is 0.355 e. The van der Waals surface area contributed by atoms with Crippen LogP contribution in [0.4, 0.5) is 0 Å². The first-order valence-corrected chi connectivity index (χ1v) is 11.2. The van der Waals surface area contributed by atoms with Gasteiger partial charge in [-0.1, -0.05) is 18.2 Å². The van der Waals surface area contributed by atoms with Gasteiger partial charge in [0, 0.05) is 44.6 Å². The number of nitrogens with zero attached hydrogens (tertiary/aromatic N) is 3. The molecule has 0 radical (unpaired) electrons. The van der Waals surface area contributed by atoms with E-state index in [2.05, 4.69) is 27.0 Å². The topological polar surface area (TPSA) is 67.2 Å². The van der Waals surface area contributed by atoms with Gasteiger partial charge < -0.3 is 14.8 Å². The molecular weight excluding hydrogens is 376 g/mol. The van der Waals surface area contributed by atoms with Crippen LogP contribution in [-0.2, 0) is 23.1 Å². The zero-order valence-electron chi connectivity index (χ0n) is 17.7. The minimum atomic E-state index is 0.112. The summed E-state index contributed by atoms with van der Waals surface area (Å²) in [4.78, 5) is 32.0. The Bertz CT molecular complexity index is 1010. The number of piperidine rings is 1. The van der Waals surface area contributed by atoms with Gasteiger partial charge in [0.05, 0.1) is 11.0 Å². The van der Waals surface area contributed by atoms with E-state index in [1.807, 2.05) is 30.1 Å². The molecule has 0 bridgehead atoms. The minimum Gasteiger partial charge on any atom is -0.355 e. The Kier molecular flexibility index (Phi) is 4.88. The van der Waals surface area contributed by atoms with Gasteiger partial charge in [-0.25, -0.2) is 4.98 Å². The average Bonchev–Trinajstić information content (AvgIpc) is 3.10. The van der Waals surface area contributed by atoms with Crippen LogP contribution in [0.2, 0.25) is 0 Å². The molecule has 1 aromatic heterocycles. The van der Waals surface area contributed by atoms with Crippen LogP contribution in [-0.4, -0.2) is 45.9 Å². The second kappa shape index (κ2) is 7.56. The van der Waals surface area contributed by atoms with Crippen molar-refractivity contribution in [3.63, 3.8) is 0 Å². The first kappa shape index (κ1) is 19.3. The Morgan fingerprint density at radius 3 is 2.77 bits per heavy atom. The van der Waals surface area contributed by atoms with Gasteiger partial charge in [0.2, 0.25) is 11.8 Å². The number of carbonyl (C=O) groups excluding carboxylic acids is 2. The van der Waals surface area contributed by atoms with Crippen LogP contribution in [0.1, 0.15) is 44.3 Å². The Morgan fingerprint density at radius 2 is 2.03 bits per heavy atom. The predicted octanol–water partition coefficient (Wildman–Crippen LogP) is 2.97. The quantitative estimate of drug-likeness (QED) is 0.830. The SMILES string of the molecule is Cn1c(CCNC(=O)C2CC23CCN(C(=O)C2=CCCC2)CC3)nc2ccccc21. The highest BCUT2D eigenvalue weighted by atomic mass is 16.2. The number of fused-ring (bicyclic) bond motifs is 1. The molecule has 2 aliphatic carbocycles. The van der Waals surface area contributed by atoms with Crippen LogP contribution in [0.15, 0.2) is 35.9 Å². The molecule has 1 saturated heterocycles. The van der Waals surface area contributed by atoms with Gasteiger partial charge in [0.25, 0.3) is 0 Å². The molecule has 2 aromatic rings. The smallest absolute Gasteiger partial charge is 0.249 e. The lowest BCUT2D eigenvalue weighted by Gasteiger charge is -2.33. The van der Waals surface area contributed by atoms with E-state index in [1.54, 1.807) is 0 Å². The highest BCUT2D eigenvalue weighted by Crippen LogP contribution is 2.59. The number of hydrogen-bond acceptors (Lipinski definition) is 3. The molecule has 3 aliphatic rings. The van der Waals surface area contributed by atoms with E-state index in [1.165, 1.54) is 0 Å². The van der Waals surface area contributed by atoms with Crippen molar-refractivity contribution in [1.29, 1.82) is 0 Å². The molecule has 1 N–H and O–H groups in total. The minimum absolute atomic E-state index is 0.112. The average molecular weight is 407 g/mol. The van der Waals surface area contributed by atoms with Gasteiger partial charge in [0.15, 0.2) is 0 Å². The highest BCUT2D eigenvalue weighted by Gasteiger charge is 2.58. The van der Waals surface area contributed by atoms with E-state index in [0.717, 1.165) is 80.5 Å². The summed E-state index contributed by atoms with van der Waals surface area (Å²) in [5, 5.41) is 3.13. The summed E-state index contributed by atoms with van der Waals surface area (Å²) in [5.41, 5.74) is 3.24. The van der Waals surface area contributed by atoms with E-state index in [-0.39, 0.29) is 23.1 Å². The Morgan fingerprint density at radius 1 is 1.23 bits per heavy atom. The number of para-hydroxylation sites is 2. The molecule has 2 amide bonds. The maximum atomic E-state index is 12.7. The second-order valence-electron chi connectivity index (χ2n) is 9.15. The first-order valence-electron chi connectivity index (χ1n) is 11.2. The lowest BCUT2D eigenvalue weighted by Crippen LogP contribution is -2.41. The van der Waals surface area contributed by atoms with Crippen molar-refractivity contribution in [2.45, 2.75) is 44.9 Å². The molecule has 158 valence electrons. The van der Waals surface area contributed by atoms with Crippen LogP contribution < -0.4 is 5.32 Å². The summed E-state index contributed by atoms with van der Waals surface area (Å²) < 4.78 is 2.10. The first-order chi connectivity index (χ1) is 14.6. The third-order valence-corrected chi connectivity index (χ3v) is 7.40. The molecular formula is C24H30N4O2. The maximum Gasteiger partial charge on any atom is 0.249 e. The van der Waals surface area contributed by atoms with E-state index in [9.17, 15) is 9.59 Å². The Hall–Kier alpha value is -2.63. The number of carbonyl (C=O) groups is 2. The highest BCUT2D eigenvalue weighted by molar-refractivity contribution is 5.94. The number of aryl methyl sites for hydroxylation is 1. The number of aromatic nitrogens is 2. The van der Waals surface area contributed by atoms with Crippen LogP contribution in [0, 0.1) is 11.3 Å². The number of nitrogens with one attached hydrogen (secondary N) is 1. The fourth-order valence-electron chi connectivity index (χ4n) is 5.33. The molecule has 5 rings (SSSR count). The summed E-state index contributed by atoms with van der Waals surface area (Å²) in [6.45, 7) is 2.20. The van der Waals surface area contributed by atoms with Crippen molar-refractivity contribution in [2.75, 3.05) is 19.6 Å². The summed E-state index contributed by atoms with van der Waals surface area (Å²) in [6.07, 6.45) is 8.78. The van der Waals surface area contributed by atoms with Gasteiger partial charge in [-0.3, -0.25) is 9.59 Å². The molecule has 1 aromatic carbocycles. The Labute approximate surface area is 177 Å². The number of allylic oxidation sites excluding steroid dienone is 1. The third kappa shape index (κ3) is 3.42. The van der Waals surface area contributed by atoms with Crippen molar-refractivity contribution in [2.24, 2.45) is 18.4 Å². The molecule has 1 saturated carbocycles. The molecule has 2 fully saturated rings. The van der Waals surface area contributed by atoms with Crippen molar-refractivity contribution in [1.82, 2.24) is 19.8 Å². The van der Waals surface area contributed by atoms with Crippen molar-refractivity contribution >= 4 is 22.8 Å². The number of imidazole rings is 1. The molecule has 1 atom stereocenters. The van der Waals surface area contributed by atoms with Gasteiger partial charge in [0.1, 0.15) is 5.82 Å². The molecule has 1 aliphatic heterocycles. The van der Waals surface area contributed by atoms with Crippen molar-refractivity contribution < 1.29 is 9.59 Å². The zero-order valence-corrected chi connectivity index (χ0v) is 17.7. The molecule has 6 nitrogen and oxygen atoms in total. The standard InChI is InChI=1S/C24H30N4O2/c1-27-20-9-5-4-8-19(20)26-21(27)10-13-25-22(29)18-16-24(18)11-14-28(15-12-24)23(30)17-6-2-3-7-17/h4-6,8-9,18H,2-3,7,10-16H2,1H3,(H,25,29). The predicted molar refractivity (Wildman–Crippen MR) is 116 cm³/mol.